The van der Waals surface area contributed by atoms with Crippen LogP contribution in [0.5, 0.6) is 0 Å². The lowest BCUT2D eigenvalue weighted by Gasteiger charge is -2.21. The second-order valence-electron chi connectivity index (χ2n) is 9.03. The lowest BCUT2D eigenvalue weighted by atomic mass is 9.83. The van der Waals surface area contributed by atoms with Gasteiger partial charge in [-0.25, -0.2) is 0 Å². The van der Waals surface area contributed by atoms with Crippen molar-refractivity contribution in [3.8, 4) is 0 Å². The van der Waals surface area contributed by atoms with Gasteiger partial charge in [-0.2, -0.15) is 0 Å². The molecular weight excluding hydrogens is 428 g/mol. The van der Waals surface area contributed by atoms with E-state index in [0.29, 0.717) is 16.8 Å². The van der Waals surface area contributed by atoms with Crippen LogP contribution in [0, 0.1) is 19.8 Å². The Bertz CT molecular complexity index is 1210. The van der Waals surface area contributed by atoms with Crippen LogP contribution >= 0.6 is 0 Å². The molecule has 2 atom stereocenters. The molecule has 1 unspecified atom stereocenters. The first-order chi connectivity index (χ1) is 16.2. The molecule has 6 heteroatoms. The highest BCUT2D eigenvalue weighted by Gasteiger charge is 2.23. The largest absolute Gasteiger partial charge is 0.394 e. The maximum Gasteiger partial charge on any atom is 0.251 e. The summed E-state index contributed by atoms with van der Waals surface area (Å²) in [4.78, 5) is 40.1. The molecule has 3 aromatic rings. The number of carbonyl (C=O) groups is 2. The standard InChI is InChI=1S/C28H32N2O4/c1-17(2)25(16-31)30-28(34)21-11-9-20(10-12-21)24(22-8-6-5-7-18(22)3)15-26(32)23-13-14-27(33)29-19(23)4/h5-14,17,24-25,31H,15-16H2,1-4H3,(H,29,33)(H,30,34)/t24?,25-/m0/s1. The number of ketones is 1. The van der Waals surface area contributed by atoms with E-state index in [4.69, 9.17) is 0 Å². The first kappa shape index (κ1) is 25.1. The van der Waals surface area contributed by atoms with Crippen LogP contribution in [0.3, 0.4) is 0 Å². The summed E-state index contributed by atoms with van der Waals surface area (Å²) in [6.07, 6.45) is 0.225. The molecule has 0 saturated heterocycles. The summed E-state index contributed by atoms with van der Waals surface area (Å²) in [6.45, 7) is 7.50. The number of amides is 1. The number of hydrogen-bond acceptors (Lipinski definition) is 4. The molecule has 1 aromatic heterocycles. The van der Waals surface area contributed by atoms with Crippen LogP contribution in [-0.2, 0) is 0 Å². The topological polar surface area (TPSA) is 99.3 Å². The van der Waals surface area contributed by atoms with Crippen molar-refractivity contribution in [1.29, 1.82) is 0 Å². The number of aryl methyl sites for hydroxylation is 2. The second-order valence-corrected chi connectivity index (χ2v) is 9.03. The molecule has 0 saturated carbocycles. The molecular formula is C28H32N2O4. The molecule has 34 heavy (non-hydrogen) atoms. The number of benzene rings is 2. The Morgan fingerprint density at radius 2 is 1.65 bits per heavy atom. The first-order valence-electron chi connectivity index (χ1n) is 11.5. The van der Waals surface area contributed by atoms with Crippen LogP contribution in [-0.4, -0.2) is 34.4 Å². The molecule has 1 amide bonds. The Morgan fingerprint density at radius 3 is 2.24 bits per heavy atom. The SMILES string of the molecule is Cc1ccccc1C(CC(=O)c1ccc(=O)[nH]c1C)c1ccc(C(=O)N[C@@H](CO)C(C)C)cc1. The van der Waals surface area contributed by atoms with Crippen molar-refractivity contribution in [2.45, 2.75) is 46.1 Å². The first-order valence-corrected chi connectivity index (χ1v) is 11.5. The van der Waals surface area contributed by atoms with Gasteiger partial charge in [0.25, 0.3) is 5.91 Å². The van der Waals surface area contributed by atoms with Crippen LogP contribution < -0.4 is 10.9 Å². The molecule has 0 fully saturated rings. The number of carbonyl (C=O) groups excluding carboxylic acids is 2. The van der Waals surface area contributed by atoms with E-state index in [-0.39, 0.29) is 48.2 Å². The normalized spacial score (nSPS) is 12.9. The van der Waals surface area contributed by atoms with Crippen LogP contribution in [0.15, 0.2) is 65.5 Å². The molecule has 1 heterocycles. The van der Waals surface area contributed by atoms with E-state index in [9.17, 15) is 19.5 Å². The van der Waals surface area contributed by atoms with Gasteiger partial charge in [-0.1, -0.05) is 50.2 Å². The fraction of sp³-hybridized carbons (Fsp3) is 0.321. The minimum atomic E-state index is -0.315. The third kappa shape index (κ3) is 5.88. The summed E-state index contributed by atoms with van der Waals surface area (Å²) >= 11 is 0. The number of hydrogen-bond donors (Lipinski definition) is 3. The van der Waals surface area contributed by atoms with E-state index >= 15 is 0 Å². The summed E-state index contributed by atoms with van der Waals surface area (Å²) in [5.74, 6) is -0.405. The zero-order chi connectivity index (χ0) is 24.8. The summed E-state index contributed by atoms with van der Waals surface area (Å²) in [5.41, 5.74) is 4.34. The van der Waals surface area contributed by atoms with Gasteiger partial charge in [0.2, 0.25) is 5.56 Å². The van der Waals surface area contributed by atoms with Crippen molar-refractivity contribution >= 4 is 11.7 Å². The molecule has 3 N–H and O–H groups in total. The van der Waals surface area contributed by atoms with Gasteiger partial charge in [-0.05, 0) is 54.7 Å². The number of H-pyrrole nitrogens is 1. The van der Waals surface area contributed by atoms with Gasteiger partial charge in [0, 0.05) is 35.2 Å². The fourth-order valence-electron chi connectivity index (χ4n) is 4.10. The van der Waals surface area contributed by atoms with Crippen LogP contribution in [0.1, 0.15) is 69.3 Å². The van der Waals surface area contributed by atoms with E-state index in [1.165, 1.54) is 6.07 Å². The lowest BCUT2D eigenvalue weighted by Crippen LogP contribution is -2.41. The Labute approximate surface area is 200 Å². The summed E-state index contributed by atoms with van der Waals surface area (Å²) in [5, 5.41) is 12.4. The maximum atomic E-state index is 13.2. The Kier molecular flexibility index (Phi) is 8.18. The van der Waals surface area contributed by atoms with Gasteiger partial charge in [-0.3, -0.25) is 14.4 Å². The maximum absolute atomic E-state index is 13.2. The number of aromatic amines is 1. The molecule has 0 bridgehead atoms. The van der Waals surface area contributed by atoms with Gasteiger partial charge >= 0.3 is 0 Å². The van der Waals surface area contributed by atoms with E-state index in [2.05, 4.69) is 10.3 Å². The van der Waals surface area contributed by atoms with Crippen molar-refractivity contribution in [2.75, 3.05) is 6.61 Å². The summed E-state index contributed by atoms with van der Waals surface area (Å²) in [6, 6.07) is 17.8. The molecule has 2 aromatic carbocycles. The molecule has 0 aliphatic rings. The van der Waals surface area contributed by atoms with Gasteiger partial charge < -0.3 is 15.4 Å². The Balaban J connectivity index is 1.91. The van der Waals surface area contributed by atoms with Gasteiger partial charge in [0.1, 0.15) is 0 Å². The van der Waals surface area contributed by atoms with Crippen LogP contribution in [0.4, 0.5) is 0 Å². The zero-order valence-corrected chi connectivity index (χ0v) is 20.1. The minimum absolute atomic E-state index is 0.0634. The van der Waals surface area contributed by atoms with E-state index < -0.39 is 0 Å². The molecule has 0 aliphatic carbocycles. The zero-order valence-electron chi connectivity index (χ0n) is 20.1. The smallest absolute Gasteiger partial charge is 0.251 e. The lowest BCUT2D eigenvalue weighted by molar-refractivity contribution is 0.0896. The molecule has 0 spiro atoms. The average molecular weight is 461 g/mol. The van der Waals surface area contributed by atoms with Gasteiger partial charge in [-0.15, -0.1) is 0 Å². The highest BCUT2D eigenvalue weighted by molar-refractivity contribution is 5.98. The van der Waals surface area contributed by atoms with Gasteiger partial charge in [0.05, 0.1) is 12.6 Å². The average Bonchev–Trinajstić information content (AvgIpc) is 2.81. The number of nitrogens with one attached hydrogen (secondary N) is 2. The minimum Gasteiger partial charge on any atom is -0.394 e. The molecule has 0 aliphatic heterocycles. The summed E-state index contributed by atoms with van der Waals surface area (Å²) < 4.78 is 0. The molecule has 0 radical (unpaired) electrons. The Hall–Kier alpha value is -3.51. The number of pyridine rings is 1. The molecule has 3 rings (SSSR count). The number of aliphatic hydroxyl groups excluding tert-OH is 1. The van der Waals surface area contributed by atoms with E-state index in [0.717, 1.165) is 16.7 Å². The summed E-state index contributed by atoms with van der Waals surface area (Å²) in [7, 11) is 0. The van der Waals surface area contributed by atoms with Gasteiger partial charge in [0.15, 0.2) is 5.78 Å². The number of rotatable bonds is 9. The third-order valence-corrected chi connectivity index (χ3v) is 6.26. The van der Waals surface area contributed by atoms with Crippen molar-refractivity contribution in [2.24, 2.45) is 5.92 Å². The predicted octanol–water partition coefficient (Wildman–Crippen LogP) is 4.14. The van der Waals surface area contributed by atoms with Crippen molar-refractivity contribution < 1.29 is 14.7 Å². The number of aliphatic hydroxyl groups is 1. The monoisotopic (exact) mass is 460 g/mol. The number of Topliss-reactive ketones (excluding diaryl/α,β-unsaturated/α-hetero) is 1. The third-order valence-electron chi connectivity index (χ3n) is 6.26. The van der Waals surface area contributed by atoms with Crippen LogP contribution in [0.25, 0.3) is 0 Å². The molecule has 178 valence electrons. The fourth-order valence-corrected chi connectivity index (χ4v) is 4.10. The van der Waals surface area contributed by atoms with Crippen molar-refractivity contribution in [1.82, 2.24) is 10.3 Å². The van der Waals surface area contributed by atoms with E-state index in [1.807, 2.05) is 57.2 Å². The van der Waals surface area contributed by atoms with Crippen molar-refractivity contribution in [3.05, 3.63) is 105 Å². The molecule has 6 nitrogen and oxygen atoms in total. The Morgan fingerprint density at radius 1 is 0.971 bits per heavy atom. The second kappa shape index (κ2) is 11.1. The van der Waals surface area contributed by atoms with Crippen LogP contribution in [0.2, 0.25) is 0 Å². The highest BCUT2D eigenvalue weighted by Crippen LogP contribution is 2.32. The highest BCUT2D eigenvalue weighted by atomic mass is 16.3. The predicted molar refractivity (Wildman–Crippen MR) is 133 cm³/mol. The van der Waals surface area contributed by atoms with E-state index in [1.54, 1.807) is 25.1 Å². The van der Waals surface area contributed by atoms with Crippen molar-refractivity contribution in [3.63, 3.8) is 0 Å². The quantitative estimate of drug-likeness (QED) is 0.418. The number of aromatic nitrogens is 1.